The number of fused-ring (bicyclic) bond motifs is 1. The summed E-state index contributed by atoms with van der Waals surface area (Å²) < 4.78 is 1.98. The highest BCUT2D eigenvalue weighted by atomic mass is 32.2. The Balaban J connectivity index is 1.30. The molecule has 0 fully saturated rings. The summed E-state index contributed by atoms with van der Waals surface area (Å²) in [5.74, 6) is 1.59. The molecule has 3 aromatic carbocycles. The van der Waals surface area contributed by atoms with E-state index in [1.165, 1.54) is 11.8 Å². The number of benzene rings is 3. The molecule has 0 aliphatic heterocycles. The van der Waals surface area contributed by atoms with E-state index in [0.29, 0.717) is 11.7 Å². The normalized spacial score (nSPS) is 11.0. The van der Waals surface area contributed by atoms with Crippen molar-refractivity contribution in [2.45, 2.75) is 11.7 Å². The molecule has 0 atom stereocenters. The van der Waals surface area contributed by atoms with Crippen LogP contribution in [-0.4, -0.2) is 36.4 Å². The summed E-state index contributed by atoms with van der Waals surface area (Å²) in [6.45, 7) is 0.342. The van der Waals surface area contributed by atoms with Crippen molar-refractivity contribution in [1.82, 2.24) is 30.0 Å². The minimum Gasteiger partial charge on any atom is -0.348 e. The molecule has 0 saturated heterocycles. The fraction of sp³-hybridized carbons (Fsp3) is 0.0833. The van der Waals surface area contributed by atoms with Crippen LogP contribution in [0.3, 0.4) is 0 Å². The van der Waals surface area contributed by atoms with E-state index < -0.39 is 0 Å². The first-order chi connectivity index (χ1) is 15.8. The van der Waals surface area contributed by atoms with Crippen LogP contribution >= 0.6 is 11.8 Å². The zero-order chi connectivity index (χ0) is 21.8. The maximum atomic E-state index is 12.5. The number of thioether (sulfide) groups is 1. The second-order valence-corrected chi connectivity index (χ2v) is 8.05. The average Bonchev–Trinajstić information content (AvgIpc) is 3.46. The number of nitrogens with zero attached hydrogens (tertiary/aromatic N) is 4. The van der Waals surface area contributed by atoms with Crippen LogP contribution in [0.15, 0.2) is 90.1 Å². The van der Waals surface area contributed by atoms with Crippen LogP contribution < -0.4 is 5.32 Å². The lowest BCUT2D eigenvalue weighted by Gasteiger charge is -2.10. The van der Waals surface area contributed by atoms with Crippen molar-refractivity contribution in [3.8, 4) is 17.1 Å². The number of nitrogens with one attached hydrogen (secondary N) is 2. The largest absolute Gasteiger partial charge is 0.348 e. The molecule has 158 valence electrons. The van der Waals surface area contributed by atoms with Gasteiger partial charge in [-0.2, -0.15) is 0 Å². The molecular formula is C24H20N6OS. The number of H-pyrrole nitrogens is 1. The molecule has 0 bridgehead atoms. The smallest absolute Gasteiger partial charge is 0.230 e. The van der Waals surface area contributed by atoms with Gasteiger partial charge in [0.25, 0.3) is 0 Å². The summed E-state index contributed by atoms with van der Waals surface area (Å²) in [4.78, 5) is 20.2. The molecule has 0 spiro atoms. The Bertz CT molecular complexity index is 1310. The number of carbonyl (C=O) groups excluding carboxylic acids is 1. The number of hydrogen-bond donors (Lipinski definition) is 2. The zero-order valence-electron chi connectivity index (χ0n) is 17.1. The van der Waals surface area contributed by atoms with E-state index in [-0.39, 0.29) is 11.7 Å². The number of imidazole rings is 1. The maximum absolute atomic E-state index is 12.5. The van der Waals surface area contributed by atoms with E-state index >= 15 is 0 Å². The molecule has 1 amide bonds. The Morgan fingerprint density at radius 2 is 1.62 bits per heavy atom. The molecule has 5 rings (SSSR count). The highest BCUT2D eigenvalue weighted by Crippen LogP contribution is 2.27. The van der Waals surface area contributed by atoms with Gasteiger partial charge in [0.1, 0.15) is 5.82 Å². The van der Waals surface area contributed by atoms with Gasteiger partial charge in [-0.25, -0.2) is 4.98 Å². The fourth-order valence-electron chi connectivity index (χ4n) is 3.40. The summed E-state index contributed by atoms with van der Waals surface area (Å²) in [5.41, 5.74) is 3.75. The van der Waals surface area contributed by atoms with Crippen LogP contribution in [0.5, 0.6) is 0 Å². The topological polar surface area (TPSA) is 88.5 Å². The van der Waals surface area contributed by atoms with E-state index in [1.54, 1.807) is 0 Å². The third kappa shape index (κ3) is 4.26. The predicted octanol–water partition coefficient (Wildman–Crippen LogP) is 4.22. The quantitative estimate of drug-likeness (QED) is 0.370. The SMILES string of the molecule is O=C(CSc1nnc(-c2ccccc2)n1-c1ccccc1)NCc1nc2ccccc2[nH]1. The van der Waals surface area contributed by atoms with Crippen molar-refractivity contribution in [2.75, 3.05) is 5.75 Å². The second kappa shape index (κ2) is 9.07. The number of carbonyl (C=O) groups is 1. The predicted molar refractivity (Wildman–Crippen MR) is 125 cm³/mol. The van der Waals surface area contributed by atoms with Gasteiger partial charge >= 0.3 is 0 Å². The monoisotopic (exact) mass is 440 g/mol. The molecule has 2 N–H and O–H groups in total. The lowest BCUT2D eigenvalue weighted by atomic mass is 10.2. The summed E-state index contributed by atoms with van der Waals surface area (Å²) in [6.07, 6.45) is 0. The number of hydrogen-bond acceptors (Lipinski definition) is 5. The first-order valence-corrected chi connectivity index (χ1v) is 11.2. The van der Waals surface area contributed by atoms with E-state index in [4.69, 9.17) is 0 Å². The molecular weight excluding hydrogens is 420 g/mol. The molecule has 0 saturated carbocycles. The van der Waals surface area contributed by atoms with Crippen molar-refractivity contribution >= 4 is 28.7 Å². The van der Waals surface area contributed by atoms with E-state index in [2.05, 4.69) is 25.5 Å². The highest BCUT2D eigenvalue weighted by molar-refractivity contribution is 7.99. The second-order valence-electron chi connectivity index (χ2n) is 7.11. The van der Waals surface area contributed by atoms with Gasteiger partial charge in [-0.05, 0) is 24.3 Å². The lowest BCUT2D eigenvalue weighted by Crippen LogP contribution is -2.25. The number of para-hydroxylation sites is 3. The molecule has 0 aliphatic rings. The van der Waals surface area contributed by atoms with Gasteiger partial charge in [-0.15, -0.1) is 10.2 Å². The minimum absolute atomic E-state index is 0.0978. The number of aromatic nitrogens is 5. The molecule has 0 aliphatic carbocycles. The van der Waals surface area contributed by atoms with E-state index in [1.807, 2.05) is 89.5 Å². The maximum Gasteiger partial charge on any atom is 0.230 e. The molecule has 5 aromatic rings. The Hall–Kier alpha value is -3.91. The molecule has 8 heteroatoms. The van der Waals surface area contributed by atoms with Crippen molar-refractivity contribution in [3.05, 3.63) is 90.8 Å². The molecule has 0 radical (unpaired) electrons. The molecule has 2 heterocycles. The number of aromatic amines is 1. The van der Waals surface area contributed by atoms with Crippen molar-refractivity contribution < 1.29 is 4.79 Å². The Kier molecular flexibility index (Phi) is 5.67. The van der Waals surface area contributed by atoms with Crippen LogP contribution in [0.2, 0.25) is 0 Å². The Morgan fingerprint density at radius 3 is 2.41 bits per heavy atom. The summed E-state index contributed by atoms with van der Waals surface area (Å²) >= 11 is 1.35. The first kappa shape index (κ1) is 20.0. The van der Waals surface area contributed by atoms with Crippen molar-refractivity contribution in [3.63, 3.8) is 0 Å². The van der Waals surface area contributed by atoms with Gasteiger partial charge in [0.2, 0.25) is 5.91 Å². The summed E-state index contributed by atoms with van der Waals surface area (Å²) in [5, 5.41) is 12.3. The Labute approximate surface area is 188 Å². The molecule has 7 nitrogen and oxygen atoms in total. The minimum atomic E-state index is -0.0978. The van der Waals surface area contributed by atoms with Gasteiger partial charge < -0.3 is 10.3 Å². The highest BCUT2D eigenvalue weighted by Gasteiger charge is 2.17. The van der Waals surface area contributed by atoms with Crippen LogP contribution in [0.4, 0.5) is 0 Å². The van der Waals surface area contributed by atoms with Gasteiger partial charge in [0, 0.05) is 11.3 Å². The number of rotatable bonds is 7. The van der Waals surface area contributed by atoms with E-state index in [0.717, 1.165) is 33.9 Å². The lowest BCUT2D eigenvalue weighted by molar-refractivity contribution is -0.118. The van der Waals surface area contributed by atoms with Gasteiger partial charge in [-0.3, -0.25) is 9.36 Å². The Morgan fingerprint density at radius 1 is 0.906 bits per heavy atom. The third-order valence-corrected chi connectivity index (χ3v) is 5.83. The van der Waals surface area contributed by atoms with Crippen LogP contribution in [-0.2, 0) is 11.3 Å². The van der Waals surface area contributed by atoms with Crippen molar-refractivity contribution in [1.29, 1.82) is 0 Å². The zero-order valence-corrected chi connectivity index (χ0v) is 17.9. The van der Waals surface area contributed by atoms with Crippen LogP contribution in [0.25, 0.3) is 28.1 Å². The standard InChI is InChI=1S/C24H20N6OS/c31-22(25-15-21-26-19-13-7-8-14-20(19)27-21)16-32-24-29-28-23(17-9-3-1-4-10-17)30(24)18-11-5-2-6-12-18/h1-14H,15-16H2,(H,25,31)(H,26,27). The molecule has 32 heavy (non-hydrogen) atoms. The number of amides is 1. The summed E-state index contributed by atoms with van der Waals surface area (Å²) in [6, 6.07) is 27.6. The van der Waals surface area contributed by atoms with Gasteiger partial charge in [0.05, 0.1) is 23.3 Å². The van der Waals surface area contributed by atoms with E-state index in [9.17, 15) is 4.79 Å². The van der Waals surface area contributed by atoms with Crippen molar-refractivity contribution in [2.24, 2.45) is 0 Å². The average molecular weight is 441 g/mol. The molecule has 0 unspecified atom stereocenters. The third-order valence-electron chi connectivity index (χ3n) is 4.90. The fourth-order valence-corrected chi connectivity index (χ4v) is 4.18. The van der Waals surface area contributed by atoms with Crippen LogP contribution in [0.1, 0.15) is 5.82 Å². The van der Waals surface area contributed by atoms with Gasteiger partial charge in [-0.1, -0.05) is 72.4 Å². The molecule has 2 aromatic heterocycles. The summed E-state index contributed by atoms with van der Waals surface area (Å²) in [7, 11) is 0. The van der Waals surface area contributed by atoms with Gasteiger partial charge in [0.15, 0.2) is 11.0 Å². The van der Waals surface area contributed by atoms with Crippen LogP contribution in [0, 0.1) is 0 Å². The first-order valence-electron chi connectivity index (χ1n) is 10.2.